The molecule has 1 atom stereocenters. The first-order chi connectivity index (χ1) is 9.64. The van der Waals surface area contributed by atoms with Gasteiger partial charge in [0.05, 0.1) is 5.69 Å². The van der Waals surface area contributed by atoms with Gasteiger partial charge in [-0.3, -0.25) is 0 Å². The van der Waals surface area contributed by atoms with Crippen LogP contribution in [0.5, 0.6) is 0 Å². The van der Waals surface area contributed by atoms with Gasteiger partial charge in [-0.05, 0) is 52.2 Å². The number of amides is 1. The average molecular weight is 315 g/mol. The van der Waals surface area contributed by atoms with Crippen LogP contribution in [0, 0.1) is 13.8 Å². The standard InChI is InChI=1S/C14H23ClN4O2/c1-8-9(2)18-19-12(15)11(8)6-10(7-16)17-13(20)21-14(3,4)5/h10H,6-7,16H2,1-5H3,(H,17,20). The van der Waals surface area contributed by atoms with Crippen molar-refractivity contribution in [3.05, 3.63) is 22.0 Å². The van der Waals surface area contributed by atoms with E-state index in [0.29, 0.717) is 11.6 Å². The number of nitrogens with one attached hydrogen (secondary N) is 1. The molecule has 0 aliphatic carbocycles. The third-order valence-electron chi connectivity index (χ3n) is 2.99. The van der Waals surface area contributed by atoms with Crippen molar-refractivity contribution in [2.45, 2.75) is 52.7 Å². The van der Waals surface area contributed by atoms with Gasteiger partial charge in [-0.15, -0.1) is 5.10 Å². The van der Waals surface area contributed by atoms with Gasteiger partial charge in [0, 0.05) is 12.6 Å². The summed E-state index contributed by atoms with van der Waals surface area (Å²) in [6, 6.07) is -0.278. The van der Waals surface area contributed by atoms with Crippen LogP contribution in [0.25, 0.3) is 0 Å². The molecule has 1 unspecified atom stereocenters. The SMILES string of the molecule is Cc1nnc(Cl)c(CC(CN)NC(=O)OC(C)(C)C)c1C. The van der Waals surface area contributed by atoms with Crippen molar-refractivity contribution in [1.82, 2.24) is 15.5 Å². The lowest BCUT2D eigenvalue weighted by Crippen LogP contribution is -2.44. The van der Waals surface area contributed by atoms with E-state index in [4.69, 9.17) is 22.1 Å². The minimum absolute atomic E-state index is 0.274. The molecule has 0 aliphatic rings. The van der Waals surface area contributed by atoms with Gasteiger partial charge in [-0.1, -0.05) is 11.6 Å². The smallest absolute Gasteiger partial charge is 0.407 e. The van der Waals surface area contributed by atoms with Gasteiger partial charge in [0.15, 0.2) is 5.15 Å². The summed E-state index contributed by atoms with van der Waals surface area (Å²) in [5.74, 6) is 0. The Kier molecular flexibility index (Phi) is 5.92. The molecule has 0 radical (unpaired) electrons. The van der Waals surface area contributed by atoms with Gasteiger partial charge in [0.2, 0.25) is 0 Å². The lowest BCUT2D eigenvalue weighted by molar-refractivity contribution is 0.0506. The van der Waals surface area contributed by atoms with Crippen LogP contribution in [-0.4, -0.2) is 34.5 Å². The van der Waals surface area contributed by atoms with Crippen molar-refractivity contribution in [3.8, 4) is 0 Å². The van der Waals surface area contributed by atoms with E-state index < -0.39 is 11.7 Å². The van der Waals surface area contributed by atoms with Crippen molar-refractivity contribution in [2.24, 2.45) is 5.73 Å². The summed E-state index contributed by atoms with van der Waals surface area (Å²) in [6.45, 7) is 9.48. The van der Waals surface area contributed by atoms with E-state index in [2.05, 4.69) is 15.5 Å². The number of ether oxygens (including phenoxy) is 1. The Bertz CT molecular complexity index is 514. The fourth-order valence-corrected chi connectivity index (χ4v) is 2.04. The zero-order valence-electron chi connectivity index (χ0n) is 13.2. The Labute approximate surface area is 130 Å². The van der Waals surface area contributed by atoms with Crippen LogP contribution in [-0.2, 0) is 11.2 Å². The zero-order valence-corrected chi connectivity index (χ0v) is 13.9. The van der Waals surface area contributed by atoms with E-state index in [1.165, 1.54) is 0 Å². The predicted octanol–water partition coefficient (Wildman–Crippen LogP) is 2.14. The molecule has 7 heteroatoms. The van der Waals surface area contributed by atoms with Crippen LogP contribution in [0.1, 0.15) is 37.6 Å². The first kappa shape index (κ1) is 17.7. The summed E-state index contributed by atoms with van der Waals surface area (Å²) >= 11 is 6.09. The number of aryl methyl sites for hydroxylation is 1. The Morgan fingerprint density at radius 1 is 1.38 bits per heavy atom. The van der Waals surface area contributed by atoms with E-state index >= 15 is 0 Å². The van der Waals surface area contributed by atoms with Crippen molar-refractivity contribution >= 4 is 17.7 Å². The molecule has 1 heterocycles. The summed E-state index contributed by atoms with van der Waals surface area (Å²) in [7, 11) is 0. The number of nitrogens with two attached hydrogens (primary N) is 1. The van der Waals surface area contributed by atoms with E-state index in [0.717, 1.165) is 16.8 Å². The van der Waals surface area contributed by atoms with Crippen LogP contribution in [0.15, 0.2) is 0 Å². The van der Waals surface area contributed by atoms with Crippen LogP contribution >= 0.6 is 11.6 Å². The summed E-state index contributed by atoms with van der Waals surface area (Å²) in [5.41, 5.74) is 7.78. The number of carbonyl (C=O) groups is 1. The molecule has 0 fully saturated rings. The second-order valence-electron chi connectivity index (χ2n) is 5.96. The maximum Gasteiger partial charge on any atom is 0.407 e. The molecule has 21 heavy (non-hydrogen) atoms. The maximum atomic E-state index is 11.8. The molecule has 0 aromatic carbocycles. The summed E-state index contributed by atoms with van der Waals surface area (Å²) in [6.07, 6.45) is -0.0120. The van der Waals surface area contributed by atoms with E-state index in [9.17, 15) is 4.79 Å². The van der Waals surface area contributed by atoms with Crippen LogP contribution in [0.4, 0.5) is 4.79 Å². The summed E-state index contributed by atoms with van der Waals surface area (Å²) < 4.78 is 5.23. The molecule has 0 saturated carbocycles. The molecule has 3 N–H and O–H groups in total. The van der Waals surface area contributed by atoms with E-state index in [1.54, 1.807) is 20.8 Å². The van der Waals surface area contributed by atoms with Crippen LogP contribution in [0.3, 0.4) is 0 Å². The molecule has 1 amide bonds. The molecule has 1 aromatic heterocycles. The highest BCUT2D eigenvalue weighted by atomic mass is 35.5. The van der Waals surface area contributed by atoms with Gasteiger partial charge in [-0.2, -0.15) is 5.10 Å². The maximum absolute atomic E-state index is 11.8. The quantitative estimate of drug-likeness (QED) is 0.888. The van der Waals surface area contributed by atoms with Crippen molar-refractivity contribution in [1.29, 1.82) is 0 Å². The topological polar surface area (TPSA) is 90.1 Å². The molecule has 118 valence electrons. The third-order valence-corrected chi connectivity index (χ3v) is 3.29. The summed E-state index contributed by atoms with van der Waals surface area (Å²) in [4.78, 5) is 11.8. The Morgan fingerprint density at radius 3 is 2.52 bits per heavy atom. The number of alkyl carbamates (subject to hydrolysis) is 1. The third kappa shape index (κ3) is 5.47. The Hall–Kier alpha value is -1.40. The lowest BCUT2D eigenvalue weighted by atomic mass is 10.0. The number of carbonyl (C=O) groups excluding carboxylic acids is 1. The zero-order chi connectivity index (χ0) is 16.2. The number of hydrogen-bond acceptors (Lipinski definition) is 5. The van der Waals surface area contributed by atoms with Crippen molar-refractivity contribution < 1.29 is 9.53 Å². The minimum Gasteiger partial charge on any atom is -0.444 e. The number of nitrogens with zero attached hydrogens (tertiary/aromatic N) is 2. The monoisotopic (exact) mass is 314 g/mol. The van der Waals surface area contributed by atoms with Gasteiger partial charge < -0.3 is 15.8 Å². The Morgan fingerprint density at radius 2 is 2.00 bits per heavy atom. The minimum atomic E-state index is -0.550. The normalized spacial score (nSPS) is 12.9. The average Bonchev–Trinajstić information content (AvgIpc) is 2.35. The molecule has 1 aromatic rings. The van der Waals surface area contributed by atoms with Crippen LogP contribution in [0.2, 0.25) is 5.15 Å². The Balaban J connectivity index is 2.80. The molecular weight excluding hydrogens is 292 g/mol. The van der Waals surface area contributed by atoms with E-state index in [-0.39, 0.29) is 12.6 Å². The lowest BCUT2D eigenvalue weighted by Gasteiger charge is -2.23. The highest BCUT2D eigenvalue weighted by Crippen LogP contribution is 2.20. The largest absolute Gasteiger partial charge is 0.444 e. The highest BCUT2D eigenvalue weighted by molar-refractivity contribution is 6.30. The summed E-state index contributed by atoms with van der Waals surface area (Å²) in [5, 5.41) is 10.9. The second-order valence-corrected chi connectivity index (χ2v) is 6.32. The van der Waals surface area contributed by atoms with Gasteiger partial charge in [-0.25, -0.2) is 4.79 Å². The molecule has 0 bridgehead atoms. The van der Waals surface area contributed by atoms with Gasteiger partial charge in [0.25, 0.3) is 0 Å². The first-order valence-electron chi connectivity index (χ1n) is 6.82. The fraction of sp³-hybridized carbons (Fsp3) is 0.643. The van der Waals surface area contributed by atoms with Gasteiger partial charge in [0.1, 0.15) is 5.60 Å². The van der Waals surface area contributed by atoms with Gasteiger partial charge >= 0.3 is 6.09 Å². The second kappa shape index (κ2) is 7.04. The molecular formula is C14H23ClN4O2. The number of rotatable bonds is 4. The van der Waals surface area contributed by atoms with Crippen molar-refractivity contribution in [2.75, 3.05) is 6.54 Å². The molecule has 0 saturated heterocycles. The molecule has 0 aliphatic heterocycles. The molecule has 6 nitrogen and oxygen atoms in total. The molecule has 1 rings (SSSR count). The molecule has 0 spiro atoms. The predicted molar refractivity (Wildman–Crippen MR) is 82.4 cm³/mol. The number of aromatic nitrogens is 2. The highest BCUT2D eigenvalue weighted by Gasteiger charge is 2.21. The van der Waals surface area contributed by atoms with E-state index in [1.807, 2.05) is 13.8 Å². The fourth-order valence-electron chi connectivity index (χ4n) is 1.78. The first-order valence-corrected chi connectivity index (χ1v) is 7.19. The van der Waals surface area contributed by atoms with Crippen molar-refractivity contribution in [3.63, 3.8) is 0 Å². The number of hydrogen-bond donors (Lipinski definition) is 2. The number of halogens is 1. The van der Waals surface area contributed by atoms with Crippen LogP contribution < -0.4 is 11.1 Å².